The second-order valence-corrected chi connectivity index (χ2v) is 5.96. The monoisotopic (exact) mass is 378 g/mol. The number of quaternary nitrogens is 2. The molecule has 2 atom stereocenters. The molecule has 0 bridgehead atoms. The van der Waals surface area contributed by atoms with E-state index in [1.165, 1.54) is 12.1 Å². The lowest BCUT2D eigenvalue weighted by Crippen LogP contribution is -2.92. The van der Waals surface area contributed by atoms with E-state index in [1.807, 2.05) is 0 Å². The quantitative estimate of drug-likeness (QED) is 0.751. The maximum absolute atomic E-state index is 13.0. The van der Waals surface area contributed by atoms with E-state index in [0.29, 0.717) is 11.1 Å². The number of nitrogens with two attached hydrogens (primary N) is 2. The summed E-state index contributed by atoms with van der Waals surface area (Å²) in [6, 6.07) is 8.84. The van der Waals surface area contributed by atoms with Crippen molar-refractivity contribution in [2.24, 2.45) is 0 Å². The maximum Gasteiger partial charge on any atom is 0.416 e. The molecule has 0 aliphatic rings. The average Bonchev–Trinajstić information content (AvgIpc) is 2.58. The summed E-state index contributed by atoms with van der Waals surface area (Å²) in [7, 11) is 3.38. The van der Waals surface area contributed by atoms with Crippen LogP contribution in [0.15, 0.2) is 48.5 Å². The van der Waals surface area contributed by atoms with Gasteiger partial charge in [-0.25, -0.2) is 0 Å². The first-order chi connectivity index (χ1) is 12.1. The van der Waals surface area contributed by atoms with Crippen molar-refractivity contribution in [3.05, 3.63) is 70.8 Å². The van der Waals surface area contributed by atoms with Gasteiger partial charge in [0.05, 0.1) is 25.2 Å². The maximum atomic E-state index is 13.0. The van der Waals surface area contributed by atoms with Crippen molar-refractivity contribution in [3.63, 3.8) is 0 Å². The van der Waals surface area contributed by atoms with E-state index in [0.717, 1.165) is 24.3 Å². The van der Waals surface area contributed by atoms with Crippen LogP contribution in [0.25, 0.3) is 0 Å². The third-order valence-corrected chi connectivity index (χ3v) is 4.30. The molecular weight excluding hydrogens is 358 g/mol. The summed E-state index contributed by atoms with van der Waals surface area (Å²) in [6.07, 6.45) is -8.95. The number of alkyl halides is 6. The molecule has 0 aliphatic carbocycles. The number of halogens is 6. The fraction of sp³-hybridized carbons (Fsp3) is 0.333. The van der Waals surface area contributed by atoms with Crippen LogP contribution in [0.1, 0.15) is 34.3 Å². The standard InChI is InChI=1S/C18H18F6N2/c1-25-15(11-5-3-7-13(9-11)17(19,20)21)16(26-2)12-6-4-8-14(10-12)18(22,23)24/h3-10,15-16,25-26H,1-2H3/p+2. The highest BCUT2D eigenvalue weighted by Crippen LogP contribution is 2.34. The number of benzene rings is 2. The minimum absolute atomic E-state index is 0.405. The molecule has 2 rings (SSSR count). The van der Waals surface area contributed by atoms with Crippen LogP contribution >= 0.6 is 0 Å². The normalized spacial score (nSPS) is 14.9. The zero-order valence-corrected chi connectivity index (χ0v) is 14.2. The van der Waals surface area contributed by atoms with Crippen molar-refractivity contribution in [1.82, 2.24) is 0 Å². The second-order valence-electron chi connectivity index (χ2n) is 5.96. The van der Waals surface area contributed by atoms with E-state index >= 15 is 0 Å². The van der Waals surface area contributed by atoms with Crippen molar-refractivity contribution in [2.45, 2.75) is 24.4 Å². The van der Waals surface area contributed by atoms with Gasteiger partial charge in [0.25, 0.3) is 0 Å². The summed E-state index contributed by atoms with van der Waals surface area (Å²) in [5, 5.41) is 3.42. The van der Waals surface area contributed by atoms with Gasteiger partial charge >= 0.3 is 12.4 Å². The summed E-state index contributed by atoms with van der Waals surface area (Å²) < 4.78 is 77.9. The molecule has 0 aliphatic heterocycles. The summed E-state index contributed by atoms with van der Waals surface area (Å²) in [5.74, 6) is 0. The molecule has 4 N–H and O–H groups in total. The molecule has 2 aromatic carbocycles. The Morgan fingerprint density at radius 1 is 0.654 bits per heavy atom. The minimum atomic E-state index is -4.48. The smallest absolute Gasteiger partial charge is 0.337 e. The van der Waals surface area contributed by atoms with Gasteiger partial charge in [-0.05, 0) is 24.3 Å². The molecule has 0 saturated carbocycles. The van der Waals surface area contributed by atoms with Crippen LogP contribution < -0.4 is 10.6 Å². The van der Waals surface area contributed by atoms with Gasteiger partial charge in [-0.1, -0.05) is 24.3 Å². The van der Waals surface area contributed by atoms with Gasteiger partial charge in [-0.3, -0.25) is 0 Å². The van der Waals surface area contributed by atoms with Crippen molar-refractivity contribution < 1.29 is 37.0 Å². The molecule has 0 amide bonds. The molecule has 0 saturated heterocycles. The summed E-state index contributed by atoms with van der Waals surface area (Å²) >= 11 is 0. The van der Waals surface area contributed by atoms with E-state index in [9.17, 15) is 26.3 Å². The van der Waals surface area contributed by atoms with Crippen LogP contribution in [-0.2, 0) is 12.4 Å². The van der Waals surface area contributed by atoms with Crippen LogP contribution in [0.4, 0.5) is 26.3 Å². The molecule has 2 aromatic rings. The van der Waals surface area contributed by atoms with Gasteiger partial charge in [-0.15, -0.1) is 0 Å². The van der Waals surface area contributed by atoms with E-state index in [-0.39, 0.29) is 0 Å². The van der Waals surface area contributed by atoms with E-state index in [4.69, 9.17) is 0 Å². The van der Waals surface area contributed by atoms with Gasteiger partial charge in [0.2, 0.25) is 0 Å². The predicted molar refractivity (Wildman–Crippen MR) is 84.1 cm³/mol. The molecular formula is C18H20F6N2+2. The van der Waals surface area contributed by atoms with Gasteiger partial charge in [-0.2, -0.15) is 26.3 Å². The Hall–Kier alpha value is -2.06. The van der Waals surface area contributed by atoms with Gasteiger partial charge < -0.3 is 10.6 Å². The summed E-state index contributed by atoms with van der Waals surface area (Å²) in [4.78, 5) is 0. The average molecular weight is 378 g/mol. The first-order valence-corrected chi connectivity index (χ1v) is 8.01. The highest BCUT2D eigenvalue weighted by molar-refractivity contribution is 5.32. The molecule has 8 heteroatoms. The Morgan fingerprint density at radius 3 is 1.27 bits per heavy atom. The zero-order chi connectivity index (χ0) is 19.5. The molecule has 0 fully saturated rings. The lowest BCUT2D eigenvalue weighted by molar-refractivity contribution is -0.762. The molecule has 0 heterocycles. The second kappa shape index (κ2) is 7.67. The van der Waals surface area contributed by atoms with Crippen LogP contribution in [0, 0.1) is 0 Å². The minimum Gasteiger partial charge on any atom is -0.337 e. The van der Waals surface area contributed by atoms with Gasteiger partial charge in [0, 0.05) is 11.1 Å². The van der Waals surface area contributed by atoms with E-state index < -0.39 is 35.6 Å². The Morgan fingerprint density at radius 2 is 1.00 bits per heavy atom. The summed E-state index contributed by atoms with van der Waals surface area (Å²) in [6.45, 7) is 0. The van der Waals surface area contributed by atoms with Crippen molar-refractivity contribution in [2.75, 3.05) is 14.1 Å². The third kappa shape index (κ3) is 4.56. The largest absolute Gasteiger partial charge is 0.416 e. The Bertz CT molecular complexity index is 675. The SMILES string of the molecule is C[NH2+]C(c1cccc(C(F)(F)F)c1)C([NH2+]C)c1cccc(C(F)(F)F)c1. The molecule has 0 aromatic heterocycles. The molecule has 2 unspecified atom stereocenters. The number of rotatable bonds is 5. The van der Waals surface area contributed by atoms with Crippen molar-refractivity contribution >= 4 is 0 Å². The van der Waals surface area contributed by atoms with Crippen LogP contribution in [-0.4, -0.2) is 14.1 Å². The zero-order valence-electron chi connectivity index (χ0n) is 14.2. The first kappa shape index (κ1) is 20.3. The molecule has 0 spiro atoms. The number of hydrogen-bond acceptors (Lipinski definition) is 0. The van der Waals surface area contributed by atoms with Crippen LogP contribution in [0.3, 0.4) is 0 Å². The lowest BCUT2D eigenvalue weighted by Gasteiger charge is -2.23. The molecule has 0 radical (unpaired) electrons. The van der Waals surface area contributed by atoms with Crippen molar-refractivity contribution in [1.29, 1.82) is 0 Å². The van der Waals surface area contributed by atoms with Crippen molar-refractivity contribution in [3.8, 4) is 0 Å². The van der Waals surface area contributed by atoms with Gasteiger partial charge in [0.1, 0.15) is 0 Å². The molecule has 26 heavy (non-hydrogen) atoms. The fourth-order valence-electron chi connectivity index (χ4n) is 3.06. The number of likely N-dealkylation sites (N-methyl/N-ethyl adjacent to an activating group) is 2. The topological polar surface area (TPSA) is 33.2 Å². The van der Waals surface area contributed by atoms with Crippen LogP contribution in [0.5, 0.6) is 0 Å². The van der Waals surface area contributed by atoms with E-state index in [1.54, 1.807) is 36.9 Å². The lowest BCUT2D eigenvalue weighted by atomic mass is 9.91. The van der Waals surface area contributed by atoms with Gasteiger partial charge in [0.15, 0.2) is 12.1 Å². The van der Waals surface area contributed by atoms with Crippen LogP contribution in [0.2, 0.25) is 0 Å². The first-order valence-electron chi connectivity index (χ1n) is 8.01. The Kier molecular flexibility index (Phi) is 5.98. The third-order valence-electron chi connectivity index (χ3n) is 4.30. The predicted octanol–water partition coefficient (Wildman–Crippen LogP) is 2.89. The molecule has 2 nitrogen and oxygen atoms in total. The Balaban J connectivity index is 2.45. The Labute approximate surface area is 147 Å². The molecule has 142 valence electrons. The fourth-order valence-corrected chi connectivity index (χ4v) is 3.06. The summed E-state index contributed by atoms with van der Waals surface area (Å²) in [5.41, 5.74) is -0.743. The van der Waals surface area contributed by atoms with E-state index in [2.05, 4.69) is 0 Å². The highest BCUT2D eigenvalue weighted by atomic mass is 19.4. The number of hydrogen-bond donors (Lipinski definition) is 2. The highest BCUT2D eigenvalue weighted by Gasteiger charge is 2.36.